The molecule has 1 aromatic carbocycles. The lowest BCUT2D eigenvalue weighted by atomic mass is 10.0. The van der Waals surface area contributed by atoms with E-state index in [-0.39, 0.29) is 12.4 Å². The van der Waals surface area contributed by atoms with E-state index in [1.807, 2.05) is 0 Å². The van der Waals surface area contributed by atoms with Crippen molar-refractivity contribution >= 4 is 23.8 Å². The summed E-state index contributed by atoms with van der Waals surface area (Å²) >= 11 is 1.29. The molecule has 2 amide bonds. The number of hydrogen-bond acceptors (Lipinski definition) is 5. The van der Waals surface area contributed by atoms with Crippen LogP contribution in [0.5, 0.6) is 0 Å². The molecule has 0 aromatic heterocycles. The minimum Gasteiger partial charge on any atom is -0.503 e. The molecule has 1 aliphatic carbocycles. The summed E-state index contributed by atoms with van der Waals surface area (Å²) in [5.41, 5.74) is 0.645. The second-order valence-electron chi connectivity index (χ2n) is 6.02. The van der Waals surface area contributed by atoms with Gasteiger partial charge in [0.15, 0.2) is 5.76 Å². The Morgan fingerprint density at radius 3 is 2.58 bits per heavy atom. The van der Waals surface area contributed by atoms with Gasteiger partial charge in [0, 0.05) is 5.25 Å². The van der Waals surface area contributed by atoms with Crippen LogP contribution in [0.3, 0.4) is 0 Å². The minimum atomic E-state index is -0.716. The van der Waals surface area contributed by atoms with Gasteiger partial charge < -0.3 is 5.11 Å². The SMILES string of the molecule is CON(Cc1ccc(F)cc1)C(=O)/C=C(\O)C(=O)NSC1CCCCC1. The maximum absolute atomic E-state index is 12.9. The average Bonchev–Trinajstić information content (AvgIpc) is 2.66. The molecule has 2 rings (SSSR count). The third-order valence-electron chi connectivity index (χ3n) is 4.07. The van der Waals surface area contributed by atoms with Crippen LogP contribution in [0.1, 0.15) is 37.7 Å². The van der Waals surface area contributed by atoms with Crippen molar-refractivity contribution in [3.05, 3.63) is 47.5 Å². The number of aliphatic hydroxyl groups excluding tert-OH is 1. The summed E-state index contributed by atoms with van der Waals surface area (Å²) < 4.78 is 15.5. The van der Waals surface area contributed by atoms with Crippen molar-refractivity contribution in [3.63, 3.8) is 0 Å². The van der Waals surface area contributed by atoms with E-state index in [9.17, 15) is 19.1 Å². The second kappa shape index (κ2) is 10.2. The molecule has 0 atom stereocenters. The largest absolute Gasteiger partial charge is 0.503 e. The second-order valence-corrected chi connectivity index (χ2v) is 7.13. The first-order valence-corrected chi connectivity index (χ1v) is 9.34. The number of rotatable bonds is 7. The Labute approximate surface area is 156 Å². The van der Waals surface area contributed by atoms with Crippen LogP contribution in [0.2, 0.25) is 0 Å². The predicted octanol–water partition coefficient (Wildman–Crippen LogP) is 3.25. The number of halogens is 1. The zero-order valence-corrected chi connectivity index (χ0v) is 15.4. The fraction of sp³-hybridized carbons (Fsp3) is 0.444. The maximum Gasteiger partial charge on any atom is 0.296 e. The maximum atomic E-state index is 12.9. The first-order chi connectivity index (χ1) is 12.5. The Morgan fingerprint density at radius 2 is 1.96 bits per heavy atom. The predicted molar refractivity (Wildman–Crippen MR) is 97.3 cm³/mol. The zero-order chi connectivity index (χ0) is 18.9. The Bertz CT molecular complexity index is 645. The quantitative estimate of drug-likeness (QED) is 0.328. The minimum absolute atomic E-state index is 0.0534. The van der Waals surface area contributed by atoms with Crippen LogP contribution in [0.15, 0.2) is 36.1 Å². The monoisotopic (exact) mass is 382 g/mol. The first kappa shape index (κ1) is 20.3. The van der Waals surface area contributed by atoms with Crippen LogP contribution in [0, 0.1) is 5.82 Å². The van der Waals surface area contributed by atoms with Crippen molar-refractivity contribution < 1.29 is 23.9 Å². The summed E-state index contributed by atoms with van der Waals surface area (Å²) in [4.78, 5) is 29.1. The van der Waals surface area contributed by atoms with Crippen molar-refractivity contribution in [2.24, 2.45) is 0 Å². The third kappa shape index (κ3) is 6.34. The third-order valence-corrected chi connectivity index (χ3v) is 5.18. The summed E-state index contributed by atoms with van der Waals surface area (Å²) in [5.74, 6) is -2.47. The fourth-order valence-electron chi connectivity index (χ4n) is 2.61. The fourth-order valence-corrected chi connectivity index (χ4v) is 3.56. The molecule has 0 bridgehead atoms. The van der Waals surface area contributed by atoms with Gasteiger partial charge in [-0.05, 0) is 42.5 Å². The van der Waals surface area contributed by atoms with Gasteiger partial charge in [-0.2, -0.15) is 0 Å². The molecular weight excluding hydrogens is 359 g/mol. The van der Waals surface area contributed by atoms with Crippen LogP contribution in [0.25, 0.3) is 0 Å². The van der Waals surface area contributed by atoms with Gasteiger partial charge in [0.1, 0.15) is 5.82 Å². The summed E-state index contributed by atoms with van der Waals surface area (Å²) in [6.45, 7) is 0.0534. The van der Waals surface area contributed by atoms with Crippen molar-refractivity contribution in [2.45, 2.75) is 43.9 Å². The highest BCUT2D eigenvalue weighted by Gasteiger charge is 2.19. The average molecular weight is 382 g/mol. The van der Waals surface area contributed by atoms with Crippen LogP contribution in [0.4, 0.5) is 4.39 Å². The summed E-state index contributed by atoms with van der Waals surface area (Å²) in [6.07, 6.45) is 6.36. The van der Waals surface area contributed by atoms with E-state index >= 15 is 0 Å². The molecule has 6 nitrogen and oxygen atoms in total. The smallest absolute Gasteiger partial charge is 0.296 e. The number of carbonyl (C=O) groups is 2. The molecule has 0 unspecified atom stereocenters. The molecule has 0 spiro atoms. The lowest BCUT2D eigenvalue weighted by Crippen LogP contribution is -2.29. The van der Waals surface area contributed by atoms with E-state index in [0.29, 0.717) is 10.8 Å². The van der Waals surface area contributed by atoms with Crippen LogP contribution in [-0.4, -0.2) is 34.3 Å². The highest BCUT2D eigenvalue weighted by Crippen LogP contribution is 2.26. The topological polar surface area (TPSA) is 78.9 Å². The molecule has 1 saturated carbocycles. The van der Waals surface area contributed by atoms with Crippen LogP contribution in [-0.2, 0) is 21.0 Å². The Balaban J connectivity index is 1.88. The van der Waals surface area contributed by atoms with Gasteiger partial charge in [-0.15, -0.1) is 0 Å². The molecule has 1 aromatic rings. The van der Waals surface area contributed by atoms with E-state index in [0.717, 1.165) is 36.8 Å². The van der Waals surface area contributed by atoms with Gasteiger partial charge in [0.2, 0.25) is 0 Å². The standard InChI is InChI=1S/C18H23FN2O4S/c1-25-21(12-13-7-9-14(19)10-8-13)17(23)11-16(22)18(24)20-26-15-5-3-2-4-6-15/h7-11,15,22H,2-6,12H2,1H3,(H,20,24)/b16-11-. The number of nitrogens with one attached hydrogen (secondary N) is 1. The van der Waals surface area contributed by atoms with Crippen molar-refractivity contribution in [1.29, 1.82) is 0 Å². The van der Waals surface area contributed by atoms with E-state index in [1.54, 1.807) is 0 Å². The van der Waals surface area contributed by atoms with E-state index in [4.69, 9.17) is 4.84 Å². The Hall–Kier alpha value is -2.06. The number of aliphatic hydroxyl groups is 1. The highest BCUT2D eigenvalue weighted by molar-refractivity contribution is 7.98. The lowest BCUT2D eigenvalue weighted by molar-refractivity contribution is -0.173. The van der Waals surface area contributed by atoms with Crippen LogP contribution >= 0.6 is 11.9 Å². The van der Waals surface area contributed by atoms with Crippen LogP contribution < -0.4 is 4.72 Å². The van der Waals surface area contributed by atoms with E-state index in [1.165, 1.54) is 49.7 Å². The number of amides is 2. The van der Waals surface area contributed by atoms with Gasteiger partial charge in [0.25, 0.3) is 11.8 Å². The molecule has 1 fully saturated rings. The molecule has 1 aliphatic rings. The molecule has 0 heterocycles. The molecule has 0 radical (unpaired) electrons. The van der Waals surface area contributed by atoms with E-state index < -0.39 is 17.6 Å². The van der Waals surface area contributed by atoms with E-state index in [2.05, 4.69) is 4.72 Å². The normalized spacial score (nSPS) is 15.5. The number of benzene rings is 1. The van der Waals surface area contributed by atoms with Crippen molar-refractivity contribution in [2.75, 3.05) is 7.11 Å². The van der Waals surface area contributed by atoms with Crippen molar-refractivity contribution in [1.82, 2.24) is 9.79 Å². The Kier molecular flexibility index (Phi) is 7.93. The molecule has 0 aliphatic heterocycles. The van der Waals surface area contributed by atoms with Gasteiger partial charge in [-0.1, -0.05) is 31.4 Å². The molecule has 26 heavy (non-hydrogen) atoms. The van der Waals surface area contributed by atoms with Gasteiger partial charge >= 0.3 is 0 Å². The molecular formula is C18H23FN2O4S. The molecule has 0 saturated heterocycles. The number of nitrogens with zero attached hydrogens (tertiary/aromatic N) is 1. The van der Waals surface area contributed by atoms with Gasteiger partial charge in [-0.3, -0.25) is 19.1 Å². The Morgan fingerprint density at radius 1 is 1.31 bits per heavy atom. The summed E-state index contributed by atoms with van der Waals surface area (Å²) in [5, 5.41) is 11.1. The van der Waals surface area contributed by atoms with Gasteiger partial charge in [-0.25, -0.2) is 9.45 Å². The molecule has 2 N–H and O–H groups in total. The number of hydrogen-bond donors (Lipinski definition) is 2. The number of carbonyl (C=O) groups excluding carboxylic acids is 2. The highest BCUT2D eigenvalue weighted by atomic mass is 32.2. The summed E-state index contributed by atoms with van der Waals surface area (Å²) in [7, 11) is 1.30. The molecule has 8 heteroatoms. The lowest BCUT2D eigenvalue weighted by Gasteiger charge is -2.20. The first-order valence-electron chi connectivity index (χ1n) is 8.46. The van der Waals surface area contributed by atoms with Gasteiger partial charge in [0.05, 0.1) is 19.7 Å². The van der Waals surface area contributed by atoms with Crippen molar-refractivity contribution in [3.8, 4) is 0 Å². The number of hydroxylamine groups is 2. The summed E-state index contributed by atoms with van der Waals surface area (Å²) in [6, 6.07) is 5.59. The zero-order valence-electron chi connectivity index (χ0n) is 14.6. The molecule has 142 valence electrons.